The smallest absolute Gasteiger partial charge is 0.192 e. The first-order valence-electron chi connectivity index (χ1n) is 12.2. The van der Waals surface area contributed by atoms with Gasteiger partial charge < -0.3 is 14.3 Å². The molecule has 1 N–H and O–H groups in total. The van der Waals surface area contributed by atoms with Gasteiger partial charge in [-0.15, -0.1) is 0 Å². The van der Waals surface area contributed by atoms with Crippen LogP contribution < -0.4 is 5.32 Å². The van der Waals surface area contributed by atoms with Crippen LogP contribution in [0.1, 0.15) is 37.6 Å². The fourth-order valence-electron chi connectivity index (χ4n) is 4.15. The lowest BCUT2D eigenvalue weighted by atomic mass is 9.89. The molecule has 2 aromatic heterocycles. The number of hydrogen-bond donors (Lipinski definition) is 1. The van der Waals surface area contributed by atoms with Crippen molar-refractivity contribution in [3.8, 4) is 16.9 Å². The fourth-order valence-corrected chi connectivity index (χ4v) is 5.09. The van der Waals surface area contributed by atoms with Crippen molar-refractivity contribution in [2.45, 2.75) is 58.4 Å². The van der Waals surface area contributed by atoms with Crippen LogP contribution in [0.25, 0.3) is 16.9 Å². The van der Waals surface area contributed by atoms with Gasteiger partial charge in [0.25, 0.3) is 0 Å². The van der Waals surface area contributed by atoms with Gasteiger partial charge in [-0.05, 0) is 54.7 Å². The van der Waals surface area contributed by atoms with E-state index in [-0.39, 0.29) is 5.04 Å². The maximum atomic E-state index is 6.35. The number of fused-ring (bicyclic) bond motifs is 3. The van der Waals surface area contributed by atoms with Gasteiger partial charge in [0.1, 0.15) is 12.1 Å². The van der Waals surface area contributed by atoms with Crippen LogP contribution in [0.4, 0.5) is 11.5 Å². The summed E-state index contributed by atoms with van der Waals surface area (Å²) in [6.45, 7) is 11.8. The Bertz CT molecular complexity index is 1360. The topological polar surface area (TPSA) is 64.9 Å². The lowest BCUT2D eigenvalue weighted by Crippen LogP contribution is -2.40. The minimum atomic E-state index is -1.82. The lowest BCUT2D eigenvalue weighted by Gasteiger charge is -2.35. The average Bonchev–Trinajstić information content (AvgIpc) is 3.32. The molecule has 0 aliphatic heterocycles. The van der Waals surface area contributed by atoms with Gasteiger partial charge in [-0.3, -0.25) is 0 Å². The SMILES string of the molecule is CC(C)(C)[Si](C)(C)OCc1cn(-c2cccc(Nc3ncnc4c3CCc3ccccc3-4)c2)cn1. The summed E-state index contributed by atoms with van der Waals surface area (Å²) in [5.74, 6) is 0.871. The predicted octanol–water partition coefficient (Wildman–Crippen LogP) is 6.69. The van der Waals surface area contributed by atoms with Crippen molar-refractivity contribution >= 4 is 19.8 Å². The number of nitrogens with zero attached hydrogens (tertiary/aromatic N) is 4. The summed E-state index contributed by atoms with van der Waals surface area (Å²) in [4.78, 5) is 13.8. The summed E-state index contributed by atoms with van der Waals surface area (Å²) in [6, 6.07) is 16.8. The lowest BCUT2D eigenvalue weighted by molar-refractivity contribution is 0.272. The highest BCUT2D eigenvalue weighted by Crippen LogP contribution is 2.37. The van der Waals surface area contributed by atoms with Gasteiger partial charge in [0.15, 0.2) is 8.32 Å². The van der Waals surface area contributed by atoms with Crippen LogP contribution in [0.15, 0.2) is 67.4 Å². The maximum Gasteiger partial charge on any atom is 0.192 e. The van der Waals surface area contributed by atoms with E-state index in [0.717, 1.165) is 41.4 Å². The number of aryl methyl sites for hydroxylation is 1. The Morgan fingerprint density at radius 1 is 1.00 bits per heavy atom. The van der Waals surface area contributed by atoms with E-state index in [1.54, 1.807) is 6.33 Å². The largest absolute Gasteiger partial charge is 0.411 e. The van der Waals surface area contributed by atoms with Gasteiger partial charge >= 0.3 is 0 Å². The van der Waals surface area contributed by atoms with E-state index >= 15 is 0 Å². The van der Waals surface area contributed by atoms with E-state index in [1.807, 2.05) is 17.0 Å². The quantitative estimate of drug-likeness (QED) is 0.309. The van der Waals surface area contributed by atoms with Gasteiger partial charge in [0.05, 0.1) is 24.3 Å². The van der Waals surface area contributed by atoms with Gasteiger partial charge in [0.2, 0.25) is 0 Å². The molecule has 1 aliphatic carbocycles. The number of hydrogen-bond acceptors (Lipinski definition) is 5. The highest BCUT2D eigenvalue weighted by molar-refractivity contribution is 6.74. The van der Waals surface area contributed by atoms with Gasteiger partial charge in [-0.2, -0.15) is 0 Å². The third-order valence-corrected chi connectivity index (χ3v) is 11.8. The second-order valence-electron chi connectivity index (χ2n) is 10.7. The Labute approximate surface area is 208 Å². The highest BCUT2D eigenvalue weighted by Gasteiger charge is 2.37. The standard InChI is InChI=1S/C28H33N5OSi/c1-28(2,3)35(4,5)34-17-22-16-33(19-31-22)23-11-8-10-21(15-23)32-27-25-14-13-20-9-6-7-12-24(20)26(25)29-18-30-27/h6-12,15-16,18-19H,13-14,17H2,1-5H3,(H,29,30,32). The molecule has 180 valence electrons. The molecule has 6 nitrogen and oxygen atoms in total. The third-order valence-electron chi connectivity index (χ3n) is 7.29. The van der Waals surface area contributed by atoms with E-state index in [4.69, 9.17) is 4.43 Å². The minimum absolute atomic E-state index is 0.178. The van der Waals surface area contributed by atoms with Crippen LogP contribution in [0.2, 0.25) is 18.1 Å². The molecule has 0 radical (unpaired) electrons. The Kier molecular flexibility index (Phi) is 6.07. The molecule has 1 aliphatic rings. The van der Waals surface area contributed by atoms with Crippen molar-refractivity contribution in [2.75, 3.05) is 5.32 Å². The van der Waals surface area contributed by atoms with Crippen molar-refractivity contribution in [1.82, 2.24) is 19.5 Å². The molecule has 7 heteroatoms. The van der Waals surface area contributed by atoms with Crippen LogP contribution in [-0.4, -0.2) is 27.8 Å². The molecule has 0 atom stereocenters. The van der Waals surface area contributed by atoms with Gasteiger partial charge in [-0.1, -0.05) is 51.1 Å². The molecule has 0 saturated carbocycles. The fraction of sp³-hybridized carbons (Fsp3) is 0.321. The number of aromatic nitrogens is 4. The second kappa shape index (κ2) is 9.05. The first-order chi connectivity index (χ1) is 16.7. The predicted molar refractivity (Wildman–Crippen MR) is 144 cm³/mol. The number of anilines is 2. The summed E-state index contributed by atoms with van der Waals surface area (Å²) >= 11 is 0. The first kappa shape index (κ1) is 23.4. The monoisotopic (exact) mass is 483 g/mol. The minimum Gasteiger partial charge on any atom is -0.411 e. The maximum absolute atomic E-state index is 6.35. The van der Waals surface area contributed by atoms with Crippen LogP contribution in [0, 0.1) is 0 Å². The Hall–Kier alpha value is -3.29. The average molecular weight is 484 g/mol. The summed E-state index contributed by atoms with van der Waals surface area (Å²) in [6.07, 6.45) is 7.48. The summed E-state index contributed by atoms with van der Waals surface area (Å²) in [7, 11) is -1.82. The van der Waals surface area contributed by atoms with Crippen molar-refractivity contribution in [3.05, 3.63) is 84.2 Å². The highest BCUT2D eigenvalue weighted by atomic mass is 28.4. The van der Waals surface area contributed by atoms with Crippen molar-refractivity contribution in [1.29, 1.82) is 0 Å². The zero-order chi connectivity index (χ0) is 24.6. The second-order valence-corrected chi connectivity index (χ2v) is 15.5. The van der Waals surface area contributed by atoms with Gasteiger partial charge in [-0.25, -0.2) is 15.0 Å². The number of nitrogens with one attached hydrogen (secondary N) is 1. The van der Waals surface area contributed by atoms with Crippen molar-refractivity contribution in [3.63, 3.8) is 0 Å². The van der Waals surface area contributed by atoms with E-state index in [9.17, 15) is 0 Å². The molecule has 0 bridgehead atoms. The molecule has 0 fully saturated rings. The molecule has 4 aromatic rings. The zero-order valence-electron chi connectivity index (χ0n) is 21.2. The molecular weight excluding hydrogens is 450 g/mol. The summed E-state index contributed by atoms with van der Waals surface area (Å²) in [5.41, 5.74) is 7.71. The van der Waals surface area contributed by atoms with Crippen molar-refractivity contribution < 1.29 is 4.43 Å². The van der Waals surface area contributed by atoms with E-state index in [2.05, 4.69) is 103 Å². The Morgan fingerprint density at radius 2 is 1.83 bits per heavy atom. The van der Waals surface area contributed by atoms with Crippen LogP contribution in [-0.2, 0) is 23.9 Å². The molecule has 35 heavy (non-hydrogen) atoms. The molecule has 2 heterocycles. The molecule has 0 spiro atoms. The first-order valence-corrected chi connectivity index (χ1v) is 15.1. The van der Waals surface area contributed by atoms with Gasteiger partial charge in [0, 0.05) is 28.7 Å². The molecule has 0 saturated heterocycles. The number of benzene rings is 2. The van der Waals surface area contributed by atoms with Crippen LogP contribution in [0.3, 0.4) is 0 Å². The van der Waals surface area contributed by atoms with E-state index in [0.29, 0.717) is 6.61 Å². The Balaban J connectivity index is 1.35. The van der Waals surface area contributed by atoms with Crippen LogP contribution >= 0.6 is 0 Å². The Morgan fingerprint density at radius 3 is 2.66 bits per heavy atom. The third kappa shape index (κ3) is 4.79. The van der Waals surface area contributed by atoms with Crippen molar-refractivity contribution in [2.24, 2.45) is 0 Å². The number of rotatable bonds is 6. The zero-order valence-corrected chi connectivity index (χ0v) is 22.2. The molecule has 0 amide bonds. The molecule has 2 aromatic carbocycles. The summed E-state index contributed by atoms with van der Waals surface area (Å²) < 4.78 is 8.39. The number of imidazole rings is 1. The summed E-state index contributed by atoms with van der Waals surface area (Å²) in [5, 5.41) is 3.72. The van der Waals surface area contributed by atoms with E-state index < -0.39 is 8.32 Å². The van der Waals surface area contributed by atoms with Crippen LogP contribution in [0.5, 0.6) is 0 Å². The molecule has 0 unspecified atom stereocenters. The normalized spacial score (nSPS) is 13.3. The molecule has 5 rings (SSSR count). The molecular formula is C28H33N5OSi. The van der Waals surface area contributed by atoms with E-state index in [1.165, 1.54) is 16.7 Å².